The predicted octanol–water partition coefficient (Wildman–Crippen LogP) is 2.01. The summed E-state index contributed by atoms with van der Waals surface area (Å²) in [6, 6.07) is 6.06. The molecule has 0 aliphatic carbocycles. The molecule has 2 rings (SSSR count). The summed E-state index contributed by atoms with van der Waals surface area (Å²) >= 11 is 5.21. The van der Waals surface area contributed by atoms with E-state index in [0.29, 0.717) is 0 Å². The van der Waals surface area contributed by atoms with Crippen LogP contribution in [0.1, 0.15) is 5.56 Å². The van der Waals surface area contributed by atoms with Crippen molar-refractivity contribution in [2.45, 2.75) is 6.42 Å². The third-order valence-electron chi connectivity index (χ3n) is 2.36. The summed E-state index contributed by atoms with van der Waals surface area (Å²) in [5.41, 5.74) is 2.46. The van der Waals surface area contributed by atoms with Gasteiger partial charge >= 0.3 is 0 Å². The van der Waals surface area contributed by atoms with Crippen molar-refractivity contribution in [3.63, 3.8) is 0 Å². The van der Waals surface area contributed by atoms with E-state index in [2.05, 4.69) is 0 Å². The fourth-order valence-corrected chi connectivity index (χ4v) is 1.83. The van der Waals surface area contributed by atoms with E-state index in [9.17, 15) is 0 Å². The van der Waals surface area contributed by atoms with Gasteiger partial charge in [-0.25, -0.2) is 0 Å². The van der Waals surface area contributed by atoms with E-state index in [-0.39, 0.29) is 0 Å². The summed E-state index contributed by atoms with van der Waals surface area (Å²) in [5.74, 6) is 0.900. The smallest absolute Gasteiger partial charge is 0.119 e. The van der Waals surface area contributed by atoms with Gasteiger partial charge in [-0.3, -0.25) is 0 Å². The first kappa shape index (κ1) is 8.51. The Labute approximate surface area is 83.1 Å². The maximum absolute atomic E-state index is 5.21. The molecule has 1 heterocycles. The fourth-order valence-electron chi connectivity index (χ4n) is 1.57. The molecule has 0 N–H and O–H groups in total. The largest absolute Gasteiger partial charge is 0.497 e. The summed E-state index contributed by atoms with van der Waals surface area (Å²) < 4.78 is 5.15. The second-order valence-electron chi connectivity index (χ2n) is 3.12. The van der Waals surface area contributed by atoms with Crippen molar-refractivity contribution >= 4 is 22.9 Å². The Morgan fingerprint density at radius 2 is 2.23 bits per heavy atom. The summed E-state index contributed by atoms with van der Waals surface area (Å²) in [6.45, 7) is 0. The van der Waals surface area contributed by atoms with Crippen LogP contribution in [-0.2, 0) is 6.42 Å². The number of benzene rings is 1. The van der Waals surface area contributed by atoms with Crippen LogP contribution in [0.4, 0.5) is 5.69 Å². The number of rotatable bonds is 1. The molecule has 68 valence electrons. The van der Waals surface area contributed by atoms with Crippen LogP contribution in [0.25, 0.3) is 0 Å². The van der Waals surface area contributed by atoms with Gasteiger partial charge in [0.15, 0.2) is 0 Å². The molecule has 0 atom stereocenters. The first-order chi connectivity index (χ1) is 6.22. The second kappa shape index (κ2) is 3.00. The maximum atomic E-state index is 5.21. The van der Waals surface area contributed by atoms with Gasteiger partial charge in [0, 0.05) is 19.2 Å². The zero-order valence-corrected chi connectivity index (χ0v) is 8.52. The lowest BCUT2D eigenvalue weighted by Crippen LogP contribution is -2.18. The van der Waals surface area contributed by atoms with Gasteiger partial charge in [-0.2, -0.15) is 0 Å². The first-order valence-electron chi connectivity index (χ1n) is 4.16. The highest BCUT2D eigenvalue weighted by Gasteiger charge is 2.20. The summed E-state index contributed by atoms with van der Waals surface area (Å²) in [5, 5.41) is 0. The molecule has 1 aromatic rings. The monoisotopic (exact) mass is 193 g/mol. The highest BCUT2D eigenvalue weighted by molar-refractivity contribution is 7.80. The lowest BCUT2D eigenvalue weighted by atomic mass is 10.1. The molecule has 1 aliphatic heterocycles. The van der Waals surface area contributed by atoms with E-state index in [1.807, 2.05) is 30.1 Å². The molecule has 1 aromatic carbocycles. The zero-order chi connectivity index (χ0) is 9.42. The number of fused-ring (bicyclic) bond motifs is 1. The van der Waals surface area contributed by atoms with Gasteiger partial charge < -0.3 is 9.64 Å². The minimum absolute atomic E-state index is 0.859. The predicted molar refractivity (Wildman–Crippen MR) is 57.7 cm³/mol. The van der Waals surface area contributed by atoms with Gasteiger partial charge in [-0.05, 0) is 23.8 Å². The van der Waals surface area contributed by atoms with Crippen LogP contribution in [0.5, 0.6) is 5.75 Å². The molecule has 3 heteroatoms. The molecule has 0 spiro atoms. The number of methoxy groups -OCH3 is 1. The fraction of sp³-hybridized carbons (Fsp3) is 0.300. The van der Waals surface area contributed by atoms with Crippen LogP contribution in [0.3, 0.4) is 0 Å². The average Bonchev–Trinajstić information content (AvgIpc) is 2.42. The van der Waals surface area contributed by atoms with E-state index >= 15 is 0 Å². The highest BCUT2D eigenvalue weighted by atomic mass is 32.1. The Morgan fingerprint density at radius 1 is 1.46 bits per heavy atom. The number of ether oxygens (including phenoxy) is 1. The normalized spacial score (nSPS) is 14.6. The summed E-state index contributed by atoms with van der Waals surface area (Å²) in [7, 11) is 3.68. The molecule has 0 amide bonds. The second-order valence-corrected chi connectivity index (χ2v) is 3.60. The van der Waals surface area contributed by atoms with Crippen molar-refractivity contribution < 1.29 is 4.74 Å². The van der Waals surface area contributed by atoms with Crippen LogP contribution in [0, 0.1) is 0 Å². The molecule has 0 unspecified atom stereocenters. The van der Waals surface area contributed by atoms with E-state index < -0.39 is 0 Å². The summed E-state index contributed by atoms with van der Waals surface area (Å²) in [4.78, 5) is 3.02. The molecule has 0 radical (unpaired) electrons. The molecule has 1 aliphatic rings. The molecule has 0 saturated heterocycles. The minimum atomic E-state index is 0.859. The lowest BCUT2D eigenvalue weighted by molar-refractivity contribution is 0.414. The van der Waals surface area contributed by atoms with Crippen molar-refractivity contribution in [3.05, 3.63) is 23.8 Å². The minimum Gasteiger partial charge on any atom is -0.497 e. The van der Waals surface area contributed by atoms with Crippen LogP contribution >= 0.6 is 12.2 Å². The van der Waals surface area contributed by atoms with Crippen molar-refractivity contribution in [3.8, 4) is 5.75 Å². The topological polar surface area (TPSA) is 12.5 Å². The SMILES string of the molecule is COc1ccc2c(c1)CC(=S)N2C. The highest BCUT2D eigenvalue weighted by Crippen LogP contribution is 2.31. The van der Waals surface area contributed by atoms with Gasteiger partial charge in [0.05, 0.1) is 12.1 Å². The zero-order valence-electron chi connectivity index (χ0n) is 7.70. The molecular formula is C10H11NOS. The van der Waals surface area contributed by atoms with E-state index in [0.717, 1.165) is 17.2 Å². The third kappa shape index (κ3) is 1.29. The number of hydrogen-bond donors (Lipinski definition) is 0. The number of likely N-dealkylation sites (N-methyl/N-ethyl adjacent to an activating group) is 1. The number of anilines is 1. The van der Waals surface area contributed by atoms with Gasteiger partial charge in [0.1, 0.15) is 5.75 Å². The molecule has 0 saturated carbocycles. The van der Waals surface area contributed by atoms with E-state index in [4.69, 9.17) is 17.0 Å². The third-order valence-corrected chi connectivity index (χ3v) is 2.78. The van der Waals surface area contributed by atoms with Gasteiger partial charge in [-0.15, -0.1) is 0 Å². The van der Waals surface area contributed by atoms with Crippen LogP contribution < -0.4 is 9.64 Å². The van der Waals surface area contributed by atoms with Gasteiger partial charge in [0.25, 0.3) is 0 Å². The lowest BCUT2D eigenvalue weighted by Gasteiger charge is -2.11. The van der Waals surface area contributed by atoms with Crippen LogP contribution in [-0.4, -0.2) is 19.1 Å². The Morgan fingerprint density at radius 3 is 2.92 bits per heavy atom. The molecular weight excluding hydrogens is 182 g/mol. The number of nitrogens with zero attached hydrogens (tertiary/aromatic N) is 1. The van der Waals surface area contributed by atoms with Crippen molar-refractivity contribution in [1.29, 1.82) is 0 Å². The van der Waals surface area contributed by atoms with E-state index in [1.165, 1.54) is 11.3 Å². The average molecular weight is 193 g/mol. The molecule has 13 heavy (non-hydrogen) atoms. The van der Waals surface area contributed by atoms with Crippen molar-refractivity contribution in [1.82, 2.24) is 0 Å². The quantitative estimate of drug-likeness (QED) is 0.633. The maximum Gasteiger partial charge on any atom is 0.119 e. The molecule has 2 nitrogen and oxygen atoms in total. The molecule has 0 bridgehead atoms. The Bertz CT molecular complexity index is 362. The Kier molecular flexibility index (Phi) is 1.96. The van der Waals surface area contributed by atoms with Crippen LogP contribution in [0.2, 0.25) is 0 Å². The van der Waals surface area contributed by atoms with Crippen molar-refractivity contribution in [2.24, 2.45) is 0 Å². The Balaban J connectivity index is 2.46. The molecule has 0 fully saturated rings. The molecule has 0 aromatic heterocycles. The number of thiocarbonyl (C=S) groups is 1. The van der Waals surface area contributed by atoms with E-state index in [1.54, 1.807) is 7.11 Å². The first-order valence-corrected chi connectivity index (χ1v) is 4.56. The van der Waals surface area contributed by atoms with Gasteiger partial charge in [0.2, 0.25) is 0 Å². The number of hydrogen-bond acceptors (Lipinski definition) is 2. The van der Waals surface area contributed by atoms with Crippen molar-refractivity contribution in [2.75, 3.05) is 19.1 Å². The van der Waals surface area contributed by atoms with Crippen LogP contribution in [0.15, 0.2) is 18.2 Å². The van der Waals surface area contributed by atoms with Gasteiger partial charge in [-0.1, -0.05) is 12.2 Å². The Hall–Kier alpha value is -1.09. The summed E-state index contributed by atoms with van der Waals surface area (Å²) in [6.07, 6.45) is 0.859. The standard InChI is InChI=1S/C10H11NOS/c1-11-9-4-3-8(12-2)5-7(9)6-10(11)13/h3-5H,6H2,1-2H3.